The Morgan fingerprint density at radius 2 is 2.12 bits per heavy atom. The van der Waals surface area contributed by atoms with E-state index in [9.17, 15) is 0 Å². The zero-order chi connectivity index (χ0) is 16.4. The number of aromatic nitrogens is 2. The molecule has 5 heteroatoms. The summed E-state index contributed by atoms with van der Waals surface area (Å²) in [4.78, 5) is 11.7. The Hall–Kier alpha value is -2.40. The van der Waals surface area contributed by atoms with Gasteiger partial charge in [-0.3, -0.25) is 9.88 Å². The lowest BCUT2D eigenvalue weighted by molar-refractivity contribution is -0.0814. The van der Waals surface area contributed by atoms with Crippen molar-refractivity contribution in [2.75, 3.05) is 19.6 Å². The first-order valence-electron chi connectivity index (χ1n) is 9.04. The highest BCUT2D eigenvalue weighted by Crippen LogP contribution is 2.46. The molecule has 2 bridgehead atoms. The van der Waals surface area contributed by atoms with Gasteiger partial charge in [0.05, 0.1) is 0 Å². The molecule has 0 unspecified atom stereocenters. The summed E-state index contributed by atoms with van der Waals surface area (Å²) >= 11 is 0. The van der Waals surface area contributed by atoms with E-state index < -0.39 is 0 Å². The van der Waals surface area contributed by atoms with Crippen LogP contribution in [0.2, 0.25) is 0 Å². The first kappa shape index (κ1) is 13.8. The minimum absolute atomic E-state index is 0.0544. The fourth-order valence-corrected chi connectivity index (χ4v) is 4.93. The van der Waals surface area contributed by atoms with Crippen LogP contribution in [0.5, 0.6) is 5.88 Å². The van der Waals surface area contributed by atoms with Gasteiger partial charge in [-0.05, 0) is 44.1 Å². The molecule has 25 heavy (non-hydrogen) atoms. The maximum Gasteiger partial charge on any atom is 0.217 e. The van der Waals surface area contributed by atoms with E-state index in [1.165, 1.54) is 31.5 Å². The van der Waals surface area contributed by atoms with E-state index in [1.807, 2.05) is 18.3 Å². The van der Waals surface area contributed by atoms with Gasteiger partial charge < -0.3 is 9.15 Å². The molecule has 4 aliphatic rings. The number of hydrogen-bond donors (Lipinski definition) is 0. The van der Waals surface area contributed by atoms with E-state index in [0.29, 0.717) is 5.92 Å². The number of piperidine rings is 3. The van der Waals surface area contributed by atoms with Gasteiger partial charge in [-0.2, -0.15) is 0 Å². The highest BCUT2D eigenvalue weighted by atomic mass is 16.5. The molecule has 3 saturated heterocycles. The van der Waals surface area contributed by atoms with Crippen LogP contribution in [0.25, 0.3) is 22.2 Å². The number of pyridine rings is 2. The number of nitrogens with zero attached hydrogens (tertiary/aromatic N) is 3. The minimum Gasteiger partial charge on any atom is -0.469 e. The van der Waals surface area contributed by atoms with Gasteiger partial charge in [0.25, 0.3) is 0 Å². The molecule has 5 nitrogen and oxygen atoms in total. The molecular formula is C20H19N3O2. The van der Waals surface area contributed by atoms with E-state index in [4.69, 9.17) is 9.15 Å². The first-order chi connectivity index (χ1) is 12.3. The minimum atomic E-state index is -0.0544. The van der Waals surface area contributed by atoms with Gasteiger partial charge in [0.1, 0.15) is 17.4 Å². The smallest absolute Gasteiger partial charge is 0.217 e. The maximum absolute atomic E-state index is 6.44. The van der Waals surface area contributed by atoms with Crippen molar-refractivity contribution >= 4 is 11.1 Å². The Kier molecular flexibility index (Phi) is 2.67. The Balaban J connectivity index is 1.40. The average Bonchev–Trinajstić information content (AvgIpc) is 3.23. The molecule has 7 rings (SSSR count). The van der Waals surface area contributed by atoms with Gasteiger partial charge in [-0.15, -0.1) is 0 Å². The second-order valence-electron chi connectivity index (χ2n) is 7.58. The van der Waals surface area contributed by atoms with Crippen LogP contribution in [-0.2, 0) is 6.42 Å². The predicted octanol–water partition coefficient (Wildman–Crippen LogP) is 3.29. The number of fused-ring (bicyclic) bond motifs is 4. The SMILES string of the molecule is c1cnc2c(-c3cnc4c(c3)C[C@@]3(CN5CCC3CC5)O4)coc2c1. The van der Waals surface area contributed by atoms with Gasteiger partial charge in [0.2, 0.25) is 5.88 Å². The lowest BCUT2D eigenvalue weighted by Crippen LogP contribution is -2.61. The summed E-state index contributed by atoms with van der Waals surface area (Å²) in [6, 6.07) is 6.05. The highest BCUT2D eigenvalue weighted by Gasteiger charge is 2.52. The van der Waals surface area contributed by atoms with E-state index in [0.717, 1.165) is 41.1 Å². The number of ether oxygens (including phenoxy) is 1. The molecule has 3 aromatic rings. The third kappa shape index (κ3) is 1.93. The fraction of sp³-hybridized carbons (Fsp3) is 0.400. The Bertz CT molecular complexity index is 974. The monoisotopic (exact) mass is 333 g/mol. The van der Waals surface area contributed by atoms with Gasteiger partial charge in [0.15, 0.2) is 5.58 Å². The van der Waals surface area contributed by atoms with Crippen molar-refractivity contribution in [2.45, 2.75) is 24.9 Å². The third-order valence-electron chi connectivity index (χ3n) is 6.18. The first-order valence-corrected chi connectivity index (χ1v) is 9.04. The average molecular weight is 333 g/mol. The zero-order valence-electron chi connectivity index (χ0n) is 13.9. The molecule has 0 saturated carbocycles. The summed E-state index contributed by atoms with van der Waals surface area (Å²) in [6.07, 6.45) is 8.93. The Morgan fingerprint density at radius 1 is 1.20 bits per heavy atom. The maximum atomic E-state index is 6.44. The normalized spacial score (nSPS) is 29.9. The topological polar surface area (TPSA) is 51.4 Å². The zero-order valence-corrected chi connectivity index (χ0v) is 13.9. The van der Waals surface area contributed by atoms with Crippen LogP contribution in [0.3, 0.4) is 0 Å². The Labute approximate surface area is 145 Å². The standard InChI is InChI=1S/C20H19N3O2/c1-2-17-18(21-5-1)16(11-24-17)14-8-13-9-20(25-19(13)22-10-14)12-23-6-3-15(20)4-7-23/h1-2,5,8,10-11,15H,3-4,6-7,9,12H2/t20-/m0/s1. The molecule has 7 heterocycles. The van der Waals surface area contributed by atoms with E-state index in [2.05, 4.69) is 20.9 Å². The van der Waals surface area contributed by atoms with Crippen LogP contribution in [0.4, 0.5) is 0 Å². The molecule has 1 atom stereocenters. The summed E-state index contributed by atoms with van der Waals surface area (Å²) in [5, 5.41) is 0. The van der Waals surface area contributed by atoms with E-state index in [1.54, 1.807) is 12.5 Å². The molecule has 126 valence electrons. The summed E-state index contributed by atoms with van der Waals surface area (Å²) in [5.74, 6) is 1.48. The van der Waals surface area contributed by atoms with Crippen molar-refractivity contribution < 1.29 is 9.15 Å². The van der Waals surface area contributed by atoms with Gasteiger partial charge in [-0.1, -0.05) is 0 Å². The van der Waals surface area contributed by atoms with Crippen molar-refractivity contribution in [3.63, 3.8) is 0 Å². The number of rotatable bonds is 1. The van der Waals surface area contributed by atoms with E-state index >= 15 is 0 Å². The summed E-state index contributed by atoms with van der Waals surface area (Å²) in [6.45, 7) is 3.48. The third-order valence-corrected chi connectivity index (χ3v) is 6.18. The molecule has 4 aliphatic heterocycles. The van der Waals surface area contributed by atoms with Crippen molar-refractivity contribution in [2.24, 2.45) is 5.92 Å². The molecule has 0 N–H and O–H groups in total. The van der Waals surface area contributed by atoms with Crippen molar-refractivity contribution in [1.82, 2.24) is 14.9 Å². The number of hydrogen-bond acceptors (Lipinski definition) is 5. The quantitative estimate of drug-likeness (QED) is 0.684. The molecular weight excluding hydrogens is 314 g/mol. The van der Waals surface area contributed by atoms with Crippen LogP contribution < -0.4 is 4.74 Å². The Morgan fingerprint density at radius 3 is 2.96 bits per heavy atom. The fourth-order valence-electron chi connectivity index (χ4n) is 4.93. The second kappa shape index (κ2) is 4.82. The summed E-state index contributed by atoms with van der Waals surface area (Å²) < 4.78 is 12.1. The molecule has 0 aromatic carbocycles. The van der Waals surface area contributed by atoms with Gasteiger partial charge >= 0.3 is 0 Å². The predicted molar refractivity (Wildman–Crippen MR) is 93.5 cm³/mol. The van der Waals surface area contributed by atoms with Crippen LogP contribution in [0, 0.1) is 5.92 Å². The van der Waals surface area contributed by atoms with Crippen molar-refractivity contribution in [3.05, 3.63) is 42.4 Å². The lowest BCUT2D eigenvalue weighted by Gasteiger charge is -2.50. The molecule has 1 spiro atoms. The van der Waals surface area contributed by atoms with Crippen molar-refractivity contribution in [1.29, 1.82) is 0 Å². The molecule has 0 amide bonds. The van der Waals surface area contributed by atoms with Crippen molar-refractivity contribution in [3.8, 4) is 17.0 Å². The van der Waals surface area contributed by atoms with Crippen LogP contribution in [0.15, 0.2) is 41.3 Å². The van der Waals surface area contributed by atoms with Gasteiger partial charge in [0, 0.05) is 48.0 Å². The summed E-state index contributed by atoms with van der Waals surface area (Å²) in [5.41, 5.74) is 4.92. The second-order valence-corrected chi connectivity index (χ2v) is 7.58. The summed E-state index contributed by atoms with van der Waals surface area (Å²) in [7, 11) is 0. The molecule has 0 radical (unpaired) electrons. The van der Waals surface area contributed by atoms with E-state index in [-0.39, 0.29) is 5.60 Å². The largest absolute Gasteiger partial charge is 0.469 e. The molecule has 3 fully saturated rings. The molecule has 3 aromatic heterocycles. The lowest BCUT2D eigenvalue weighted by atomic mass is 9.73. The van der Waals surface area contributed by atoms with Crippen LogP contribution >= 0.6 is 0 Å². The highest BCUT2D eigenvalue weighted by molar-refractivity contribution is 5.90. The molecule has 0 aliphatic carbocycles. The van der Waals surface area contributed by atoms with Gasteiger partial charge in [-0.25, -0.2) is 4.98 Å². The van der Waals surface area contributed by atoms with Crippen LogP contribution in [0.1, 0.15) is 18.4 Å². The van der Waals surface area contributed by atoms with Crippen LogP contribution in [-0.4, -0.2) is 40.1 Å². The number of furan rings is 1.